The van der Waals surface area contributed by atoms with E-state index in [2.05, 4.69) is 10.4 Å². The lowest BCUT2D eigenvalue weighted by atomic mass is 10.00. The minimum atomic E-state index is -1.80. The number of aliphatic hydroxyl groups excluding tert-OH is 1. The van der Waals surface area contributed by atoms with Gasteiger partial charge in [-0.1, -0.05) is 6.07 Å². The molecule has 3 rings (SSSR count). The van der Waals surface area contributed by atoms with Gasteiger partial charge in [0, 0.05) is 23.7 Å². The molecule has 172 valence electrons. The van der Waals surface area contributed by atoms with Crippen molar-refractivity contribution in [3.63, 3.8) is 0 Å². The van der Waals surface area contributed by atoms with Gasteiger partial charge in [0.2, 0.25) is 0 Å². The molecule has 0 radical (unpaired) electrons. The lowest BCUT2D eigenvalue weighted by molar-refractivity contribution is 0.0849. The molecule has 33 heavy (non-hydrogen) atoms. The van der Waals surface area contributed by atoms with Gasteiger partial charge in [-0.05, 0) is 54.1 Å². The first kappa shape index (κ1) is 23.7. The zero-order valence-corrected chi connectivity index (χ0v) is 17.4. The van der Waals surface area contributed by atoms with Crippen molar-refractivity contribution in [3.05, 3.63) is 95.3 Å². The van der Waals surface area contributed by atoms with E-state index < -0.39 is 36.4 Å². The fraction of sp³-hybridized carbons (Fsp3) is 0.174. The van der Waals surface area contributed by atoms with Crippen LogP contribution in [0.15, 0.2) is 67.0 Å². The van der Waals surface area contributed by atoms with Gasteiger partial charge in [0.05, 0.1) is 30.5 Å². The second-order valence-electron chi connectivity index (χ2n) is 7.19. The quantitative estimate of drug-likeness (QED) is 0.370. The number of nitrogens with two attached hydrogens (primary N) is 1. The molecule has 0 aliphatic carbocycles. The van der Waals surface area contributed by atoms with E-state index in [9.17, 15) is 23.1 Å². The van der Waals surface area contributed by atoms with Crippen LogP contribution in [0.25, 0.3) is 5.70 Å². The lowest BCUT2D eigenvalue weighted by Crippen LogP contribution is -2.46. The van der Waals surface area contributed by atoms with Gasteiger partial charge in [0.25, 0.3) is 5.91 Å². The molecule has 2 unspecified atom stereocenters. The smallest absolute Gasteiger partial charge is 0.252 e. The largest absolute Gasteiger partial charge is 0.398 e. The van der Waals surface area contributed by atoms with Gasteiger partial charge in [-0.15, -0.1) is 0 Å². The van der Waals surface area contributed by atoms with E-state index in [0.29, 0.717) is 5.56 Å². The maximum Gasteiger partial charge on any atom is 0.252 e. The van der Waals surface area contributed by atoms with E-state index in [1.165, 1.54) is 47.3 Å². The van der Waals surface area contributed by atoms with Gasteiger partial charge in [-0.3, -0.25) is 9.48 Å². The molecule has 10 heteroatoms. The number of nitrogens with zero attached hydrogens (tertiary/aromatic N) is 2. The summed E-state index contributed by atoms with van der Waals surface area (Å²) in [5.41, 5.74) is 5.59. The Kier molecular flexibility index (Phi) is 7.62. The molecule has 0 fully saturated rings. The molecule has 0 saturated carbocycles. The first-order chi connectivity index (χ1) is 15.8. The van der Waals surface area contributed by atoms with E-state index in [4.69, 9.17) is 11.1 Å². The van der Waals surface area contributed by atoms with Gasteiger partial charge in [-0.25, -0.2) is 13.2 Å². The zero-order valence-electron chi connectivity index (χ0n) is 17.4. The Balaban J connectivity index is 1.89. The number of carbonyl (C=O) groups excluding carboxylic acids is 1. The summed E-state index contributed by atoms with van der Waals surface area (Å²) in [4.78, 5) is 12.9. The van der Waals surface area contributed by atoms with Crippen molar-refractivity contribution in [1.29, 1.82) is 5.41 Å². The van der Waals surface area contributed by atoms with Crippen LogP contribution in [-0.2, 0) is 6.54 Å². The molecule has 7 nitrogen and oxygen atoms in total. The average molecular weight is 457 g/mol. The lowest BCUT2D eigenvalue weighted by Gasteiger charge is -2.22. The number of aromatic nitrogens is 2. The van der Waals surface area contributed by atoms with Crippen LogP contribution in [0.2, 0.25) is 0 Å². The molecule has 1 amide bonds. The summed E-state index contributed by atoms with van der Waals surface area (Å²) in [5.74, 6) is -2.11. The maximum atomic E-state index is 14.7. The molecule has 0 aliphatic rings. The molecule has 2 aromatic carbocycles. The van der Waals surface area contributed by atoms with Crippen molar-refractivity contribution in [3.8, 4) is 0 Å². The van der Waals surface area contributed by atoms with Crippen LogP contribution in [-0.4, -0.2) is 45.3 Å². The number of nitrogens with one attached hydrogen (secondary N) is 2. The monoisotopic (exact) mass is 457 g/mol. The Morgan fingerprint density at radius 3 is 2.58 bits per heavy atom. The Morgan fingerprint density at radius 1 is 1.21 bits per heavy atom. The standard InChI is InChI=1S/C23H22F3N5O2/c24-15-7-5-14(6-8-15)19(27)11-20(28)22-16(3-1-4-17(22)25)23(33)30-21(18(26)13-32)12-31-10-2-9-29-31/h1-11,18,21,27,32H,12-13,28H2,(H,30,33). The predicted octanol–water partition coefficient (Wildman–Crippen LogP) is 2.66. The first-order valence-corrected chi connectivity index (χ1v) is 9.94. The van der Waals surface area contributed by atoms with Crippen molar-refractivity contribution in [2.45, 2.75) is 18.8 Å². The van der Waals surface area contributed by atoms with Gasteiger partial charge in [0.15, 0.2) is 0 Å². The zero-order chi connectivity index (χ0) is 24.0. The molecule has 3 aromatic rings. The summed E-state index contributed by atoms with van der Waals surface area (Å²) in [6, 6.07) is 9.26. The summed E-state index contributed by atoms with van der Waals surface area (Å²) in [6.07, 6.45) is 2.40. The van der Waals surface area contributed by atoms with Crippen molar-refractivity contribution < 1.29 is 23.1 Å². The number of hydrogen-bond donors (Lipinski definition) is 4. The Bertz CT molecular complexity index is 1150. The molecule has 0 spiro atoms. The van der Waals surface area contributed by atoms with Crippen molar-refractivity contribution >= 4 is 17.3 Å². The molecule has 0 saturated heterocycles. The fourth-order valence-corrected chi connectivity index (χ4v) is 3.18. The summed E-state index contributed by atoms with van der Waals surface area (Å²) in [7, 11) is 0. The summed E-state index contributed by atoms with van der Waals surface area (Å²) in [6.45, 7) is -0.898. The predicted molar refractivity (Wildman–Crippen MR) is 117 cm³/mol. The average Bonchev–Trinajstić information content (AvgIpc) is 3.31. The number of rotatable bonds is 9. The highest BCUT2D eigenvalue weighted by Crippen LogP contribution is 2.21. The van der Waals surface area contributed by atoms with Crippen LogP contribution in [0.1, 0.15) is 21.5 Å². The highest BCUT2D eigenvalue weighted by Gasteiger charge is 2.26. The van der Waals surface area contributed by atoms with Gasteiger partial charge < -0.3 is 21.6 Å². The van der Waals surface area contributed by atoms with Gasteiger partial charge >= 0.3 is 0 Å². The highest BCUT2D eigenvalue weighted by atomic mass is 19.1. The molecule has 0 aliphatic heterocycles. The number of hydrogen-bond acceptors (Lipinski definition) is 5. The number of carbonyl (C=O) groups is 1. The number of amides is 1. The van der Waals surface area contributed by atoms with E-state index >= 15 is 0 Å². The number of benzene rings is 2. The topological polar surface area (TPSA) is 117 Å². The second-order valence-corrected chi connectivity index (χ2v) is 7.19. The van der Waals surface area contributed by atoms with Gasteiger partial charge in [0.1, 0.15) is 17.8 Å². The van der Waals surface area contributed by atoms with Crippen molar-refractivity contribution in [2.75, 3.05) is 6.61 Å². The van der Waals surface area contributed by atoms with Crippen LogP contribution >= 0.6 is 0 Å². The van der Waals surface area contributed by atoms with E-state index in [0.717, 1.165) is 12.1 Å². The summed E-state index contributed by atoms with van der Waals surface area (Å²) < 4.78 is 43.5. The molecular weight excluding hydrogens is 435 g/mol. The fourth-order valence-electron chi connectivity index (χ4n) is 3.18. The van der Waals surface area contributed by atoms with Crippen molar-refractivity contribution in [1.82, 2.24) is 15.1 Å². The molecule has 0 bridgehead atoms. The Hall–Kier alpha value is -3.92. The van der Waals surface area contributed by atoms with Crippen LogP contribution in [0.3, 0.4) is 0 Å². The maximum absolute atomic E-state index is 14.7. The molecular formula is C23H22F3N5O2. The third-order valence-electron chi connectivity index (χ3n) is 4.87. The van der Waals surface area contributed by atoms with E-state index in [1.807, 2.05) is 0 Å². The third kappa shape index (κ3) is 5.86. The van der Waals surface area contributed by atoms with Crippen molar-refractivity contribution in [2.24, 2.45) is 5.73 Å². The molecule has 2 atom stereocenters. The van der Waals surface area contributed by atoms with Crippen LogP contribution < -0.4 is 11.1 Å². The molecule has 5 N–H and O–H groups in total. The Labute approximate surface area is 187 Å². The highest BCUT2D eigenvalue weighted by molar-refractivity contribution is 6.11. The molecule has 1 heterocycles. The molecule has 1 aromatic heterocycles. The summed E-state index contributed by atoms with van der Waals surface area (Å²) >= 11 is 0. The van der Waals surface area contributed by atoms with E-state index in [-0.39, 0.29) is 29.1 Å². The number of allylic oxidation sites excluding steroid dienone is 1. The number of alkyl halides is 1. The first-order valence-electron chi connectivity index (χ1n) is 9.94. The van der Waals surface area contributed by atoms with Crippen LogP contribution in [0.5, 0.6) is 0 Å². The Morgan fingerprint density at radius 2 is 1.94 bits per heavy atom. The third-order valence-corrected chi connectivity index (χ3v) is 4.87. The van der Waals surface area contributed by atoms with Crippen LogP contribution in [0, 0.1) is 17.0 Å². The van der Waals surface area contributed by atoms with Crippen LogP contribution in [0.4, 0.5) is 13.2 Å². The van der Waals surface area contributed by atoms with E-state index in [1.54, 1.807) is 12.3 Å². The normalized spacial score (nSPS) is 13.4. The number of aliphatic hydroxyl groups is 1. The minimum absolute atomic E-state index is 0.0638. The second kappa shape index (κ2) is 10.6. The SMILES string of the molecule is N=C(C=C(N)c1c(F)cccc1C(=O)NC(Cn1cccn1)C(F)CO)c1ccc(F)cc1. The number of halogens is 3. The summed E-state index contributed by atoms with van der Waals surface area (Å²) in [5, 5.41) is 23.8. The van der Waals surface area contributed by atoms with Gasteiger partial charge in [-0.2, -0.15) is 5.10 Å². The minimum Gasteiger partial charge on any atom is -0.398 e.